The molecule has 49 heavy (non-hydrogen) atoms. The molecule has 3 aromatic carbocycles. The van der Waals surface area contributed by atoms with Gasteiger partial charge >= 0.3 is 21.4 Å². The first-order valence-corrected chi connectivity index (χ1v) is 16.3. The first-order valence-electron chi connectivity index (χ1n) is 13.3. The number of terminal acetylenes is 1. The lowest BCUT2D eigenvalue weighted by molar-refractivity contribution is -0.465. The molecular weight excluding hydrogens is 678 g/mol. The second kappa shape index (κ2) is 25.1. The Bertz CT molecular complexity index is 1790. The number of para-hydroxylation sites is 1. The van der Waals surface area contributed by atoms with Gasteiger partial charge in [-0.2, -0.15) is 0 Å². The van der Waals surface area contributed by atoms with Crippen molar-refractivity contribution in [2.75, 3.05) is 21.3 Å². The summed E-state index contributed by atoms with van der Waals surface area (Å²) in [7, 11) is -3.13. The third-order valence-electron chi connectivity index (χ3n) is 5.19. The molecule has 1 unspecified atom stereocenters. The molecule has 1 heterocycles. The smallest absolute Gasteiger partial charge is 0.423 e. The Kier molecular flexibility index (Phi) is 22.6. The highest BCUT2D eigenvalue weighted by Gasteiger charge is 2.26. The van der Waals surface area contributed by atoms with E-state index in [1.54, 1.807) is 61.5 Å². The van der Waals surface area contributed by atoms with Gasteiger partial charge < -0.3 is 13.8 Å². The third-order valence-corrected chi connectivity index (χ3v) is 8.14. The van der Waals surface area contributed by atoms with E-state index >= 15 is 0 Å². The van der Waals surface area contributed by atoms with Gasteiger partial charge in [0.1, 0.15) is 11.5 Å². The van der Waals surface area contributed by atoms with E-state index in [9.17, 15) is 13.9 Å². The molecule has 0 saturated carbocycles. The molecule has 4 rings (SSSR count). The standard InChI is InChI=1S/C10H8O2.C9H4.C8H11O4P.C7H9O4P.H2O3.H2/c1-6-3-4-8-7(2)12-10(11)9(8)5-6;1-3-5-7-9-8-6-4-2;1-10-13(9,11-2)12-8-6-4-3-5-7-8;1-10-12(9,11-8)7-5-3-2-4-6-7;1-3-2;/h3-5H,2H2,1H3;1H,2H3;3-7H,1-2H3;2-6,8H,1H3;1-2H;1H. The number of benzene rings is 3. The predicted molar refractivity (Wildman–Crippen MR) is 185 cm³/mol. The van der Waals surface area contributed by atoms with E-state index in [1.165, 1.54) is 21.3 Å². The predicted octanol–water partition coefficient (Wildman–Crippen LogP) is 7.09. The van der Waals surface area contributed by atoms with Gasteiger partial charge in [-0.05, 0) is 79.7 Å². The summed E-state index contributed by atoms with van der Waals surface area (Å²) in [5.41, 5.74) is 2.49. The molecule has 0 bridgehead atoms. The van der Waals surface area contributed by atoms with Crippen LogP contribution in [0.1, 0.15) is 29.8 Å². The average Bonchev–Trinajstić information content (AvgIpc) is 3.41. The summed E-state index contributed by atoms with van der Waals surface area (Å²) in [4.78, 5) is 11.1. The molecule has 13 nitrogen and oxygen atoms in total. The number of carbonyl (C=O) groups is 1. The maximum Gasteiger partial charge on any atom is 0.529 e. The van der Waals surface area contributed by atoms with Crippen LogP contribution in [0.2, 0.25) is 0 Å². The number of hydrogen-bond donors (Lipinski definition) is 3. The van der Waals surface area contributed by atoms with Gasteiger partial charge in [0.25, 0.3) is 0 Å². The van der Waals surface area contributed by atoms with Crippen LogP contribution < -0.4 is 9.83 Å². The van der Waals surface area contributed by atoms with Gasteiger partial charge in [-0.1, -0.05) is 71.6 Å². The van der Waals surface area contributed by atoms with Crippen molar-refractivity contribution < 1.29 is 63.7 Å². The van der Waals surface area contributed by atoms with Crippen LogP contribution >= 0.6 is 15.4 Å². The minimum absolute atomic E-state index is 0. The minimum atomic E-state index is -3.48. The van der Waals surface area contributed by atoms with Crippen LogP contribution in [0.5, 0.6) is 5.75 Å². The molecule has 1 aliphatic heterocycles. The number of cyclic esters (lactones) is 1. The van der Waals surface area contributed by atoms with E-state index in [1.807, 2.05) is 31.2 Å². The summed E-state index contributed by atoms with van der Waals surface area (Å²) in [5.74, 6) is 17.6. The Labute approximate surface area is 286 Å². The summed E-state index contributed by atoms with van der Waals surface area (Å²) < 4.78 is 50.3. The molecule has 15 heteroatoms. The van der Waals surface area contributed by atoms with E-state index < -0.39 is 15.4 Å². The molecule has 0 amide bonds. The zero-order chi connectivity index (χ0) is 37.1. The molecule has 1 aliphatic rings. The molecule has 3 N–H and O–H groups in total. The van der Waals surface area contributed by atoms with Crippen LogP contribution in [0, 0.1) is 54.8 Å². The highest BCUT2D eigenvalue weighted by molar-refractivity contribution is 7.62. The Balaban J connectivity index is 0. The van der Waals surface area contributed by atoms with Crippen LogP contribution in [0.4, 0.5) is 0 Å². The highest BCUT2D eigenvalue weighted by atomic mass is 31.2. The molecule has 0 saturated heterocycles. The van der Waals surface area contributed by atoms with Crippen molar-refractivity contribution in [3.63, 3.8) is 0 Å². The lowest BCUT2D eigenvalue weighted by atomic mass is 10.1. The van der Waals surface area contributed by atoms with Gasteiger partial charge in [0.05, 0.1) is 10.9 Å². The van der Waals surface area contributed by atoms with Gasteiger partial charge in [-0.15, -0.1) is 11.1 Å². The van der Waals surface area contributed by atoms with Crippen molar-refractivity contribution in [2.24, 2.45) is 0 Å². The lowest BCUT2D eigenvalue weighted by Gasteiger charge is -2.13. The number of aryl methyl sites for hydroxylation is 1. The normalized spacial score (nSPS) is 11.3. The number of fused-ring (bicyclic) bond motifs is 1. The largest absolute Gasteiger partial charge is 0.529 e. The maximum atomic E-state index is 11.5. The molecule has 1 atom stereocenters. The summed E-state index contributed by atoms with van der Waals surface area (Å²) >= 11 is 0. The van der Waals surface area contributed by atoms with Crippen molar-refractivity contribution in [2.45, 2.75) is 13.8 Å². The number of hydrogen-bond acceptors (Lipinski definition) is 13. The van der Waals surface area contributed by atoms with Crippen LogP contribution in [-0.2, 0) is 37.2 Å². The molecule has 3 aromatic rings. The quantitative estimate of drug-likeness (QED) is 0.0744. The van der Waals surface area contributed by atoms with E-state index in [-0.39, 0.29) is 7.40 Å². The summed E-state index contributed by atoms with van der Waals surface area (Å²) in [6, 6.07) is 22.6. The van der Waals surface area contributed by atoms with Crippen molar-refractivity contribution in [3.05, 3.63) is 102 Å². The lowest BCUT2D eigenvalue weighted by Crippen LogP contribution is -2.06. The zero-order valence-electron chi connectivity index (χ0n) is 27.1. The summed E-state index contributed by atoms with van der Waals surface area (Å²) in [5, 5.41) is 24.2. The SMILES string of the molecule is C#CC#CC#CC#CC.C=C1OC(=O)c2cc(C)ccc21.COP(=O)(OC)Oc1ccccc1.COP(=O)(OO)c1ccccc1.OOO.[HH]. The van der Waals surface area contributed by atoms with Gasteiger partial charge in [-0.25, -0.2) is 25.1 Å². The number of carbonyl (C=O) groups excluding carboxylic acids is 1. The summed E-state index contributed by atoms with van der Waals surface area (Å²) in [6.07, 6.45) is 4.82. The fourth-order valence-corrected chi connectivity index (χ4v) is 4.63. The van der Waals surface area contributed by atoms with E-state index in [2.05, 4.69) is 71.3 Å². The van der Waals surface area contributed by atoms with Crippen molar-refractivity contribution in [1.29, 1.82) is 0 Å². The highest BCUT2D eigenvalue weighted by Crippen LogP contribution is 2.47. The number of esters is 1. The molecule has 0 aliphatic carbocycles. The number of ether oxygens (including phenoxy) is 1. The maximum absolute atomic E-state index is 11.5. The van der Waals surface area contributed by atoms with Crippen molar-refractivity contribution >= 4 is 32.5 Å². The Morgan fingerprint density at radius 2 is 1.33 bits per heavy atom. The summed E-state index contributed by atoms with van der Waals surface area (Å²) in [6.45, 7) is 7.28. The average molecular weight is 715 g/mol. The van der Waals surface area contributed by atoms with Crippen molar-refractivity contribution in [3.8, 4) is 53.6 Å². The van der Waals surface area contributed by atoms with Crippen LogP contribution in [-0.4, -0.2) is 43.1 Å². The van der Waals surface area contributed by atoms with Crippen LogP contribution in [0.3, 0.4) is 0 Å². The first kappa shape index (κ1) is 44.1. The topological polar surface area (TPSA) is 177 Å². The monoisotopic (exact) mass is 714 g/mol. The second-order valence-electron chi connectivity index (χ2n) is 8.28. The Morgan fingerprint density at radius 3 is 1.82 bits per heavy atom. The number of phosphoric acid groups is 1. The van der Waals surface area contributed by atoms with Gasteiger partial charge in [0, 0.05) is 28.3 Å². The Hall–Kier alpha value is -4.95. The number of phosphoric ester groups is 1. The fraction of sp³-hybridized carbons (Fsp3) is 0.147. The van der Waals surface area contributed by atoms with Crippen LogP contribution in [0.15, 0.2) is 85.4 Å². The first-order chi connectivity index (χ1) is 23.4. The zero-order valence-corrected chi connectivity index (χ0v) is 28.9. The third kappa shape index (κ3) is 17.1. The van der Waals surface area contributed by atoms with E-state index in [4.69, 9.17) is 31.5 Å². The van der Waals surface area contributed by atoms with Gasteiger partial charge in [0.2, 0.25) is 0 Å². The molecule has 260 valence electrons. The number of rotatable bonds is 7. The van der Waals surface area contributed by atoms with Gasteiger partial charge in [0.15, 0.2) is 0 Å². The molecular formula is C34H36O13P2. The Morgan fingerprint density at radius 1 is 0.796 bits per heavy atom. The molecule has 0 spiro atoms. The molecule has 0 aromatic heterocycles. The fourth-order valence-electron chi connectivity index (χ4n) is 3.04. The van der Waals surface area contributed by atoms with E-state index in [0.717, 1.165) is 11.1 Å². The van der Waals surface area contributed by atoms with Crippen molar-refractivity contribution in [1.82, 2.24) is 0 Å². The van der Waals surface area contributed by atoms with Gasteiger partial charge in [-0.3, -0.25) is 13.6 Å². The molecule has 0 fully saturated rings. The van der Waals surface area contributed by atoms with E-state index in [0.29, 0.717) is 22.4 Å². The molecule has 0 radical (unpaired) electrons. The van der Waals surface area contributed by atoms with Crippen LogP contribution in [0.25, 0.3) is 5.76 Å². The second-order valence-corrected chi connectivity index (χ2v) is 12.1. The minimum Gasteiger partial charge on any atom is -0.423 e.